The van der Waals surface area contributed by atoms with E-state index in [4.69, 9.17) is 4.98 Å². The molecule has 0 N–H and O–H groups in total. The summed E-state index contributed by atoms with van der Waals surface area (Å²) in [6.45, 7) is 7.77. The molecule has 4 nitrogen and oxygen atoms in total. The molecule has 150 valence electrons. The highest BCUT2D eigenvalue weighted by molar-refractivity contribution is 7.22. The molecule has 0 saturated heterocycles. The second-order valence-corrected chi connectivity index (χ2v) is 8.42. The lowest BCUT2D eigenvalue weighted by Crippen LogP contribution is -2.33. The number of hydrogen-bond donors (Lipinski definition) is 0. The molecule has 0 aliphatic rings. The second kappa shape index (κ2) is 9.50. The van der Waals surface area contributed by atoms with Crippen LogP contribution in [0.25, 0.3) is 10.2 Å². The molecule has 0 fully saturated rings. The zero-order chi connectivity index (χ0) is 19.6. The van der Waals surface area contributed by atoms with E-state index in [0.29, 0.717) is 12.1 Å². The fourth-order valence-corrected chi connectivity index (χ4v) is 4.40. The number of rotatable bonds is 6. The van der Waals surface area contributed by atoms with Gasteiger partial charge in [-0.25, -0.2) is 4.98 Å². The summed E-state index contributed by atoms with van der Waals surface area (Å²) in [6, 6.07) is 12.1. The third-order valence-corrected chi connectivity index (χ3v) is 5.57. The monoisotopic (exact) mass is 417 g/mol. The van der Waals surface area contributed by atoms with Crippen LogP contribution in [0, 0.1) is 20.8 Å². The average Bonchev–Trinajstić information content (AvgIpc) is 3.02. The molecule has 1 heterocycles. The Morgan fingerprint density at radius 2 is 1.79 bits per heavy atom. The lowest BCUT2D eigenvalue weighted by atomic mass is 10.1. The van der Waals surface area contributed by atoms with E-state index < -0.39 is 0 Å². The van der Waals surface area contributed by atoms with Gasteiger partial charge in [-0.05, 0) is 77.2 Å². The minimum Gasteiger partial charge on any atom is -0.309 e. The zero-order valence-electron chi connectivity index (χ0n) is 17.2. The molecule has 0 saturated carbocycles. The van der Waals surface area contributed by atoms with Crippen molar-refractivity contribution in [2.75, 3.05) is 32.1 Å². The summed E-state index contributed by atoms with van der Waals surface area (Å²) in [4.78, 5) is 22.1. The lowest BCUT2D eigenvalue weighted by Gasteiger charge is -2.21. The van der Waals surface area contributed by atoms with Crippen molar-refractivity contribution >= 4 is 45.0 Å². The van der Waals surface area contributed by atoms with Gasteiger partial charge in [0, 0.05) is 12.1 Å². The highest BCUT2D eigenvalue weighted by Crippen LogP contribution is 2.32. The van der Waals surface area contributed by atoms with Gasteiger partial charge in [0.25, 0.3) is 5.91 Å². The number of nitrogens with zero attached hydrogens (tertiary/aromatic N) is 3. The van der Waals surface area contributed by atoms with Crippen molar-refractivity contribution in [2.45, 2.75) is 27.2 Å². The van der Waals surface area contributed by atoms with Gasteiger partial charge in [-0.1, -0.05) is 35.1 Å². The molecule has 1 aromatic heterocycles. The van der Waals surface area contributed by atoms with Crippen LogP contribution < -0.4 is 4.90 Å². The smallest absolute Gasteiger partial charge is 0.260 e. The Kier molecular flexibility index (Phi) is 7.58. The molecular formula is C22H28ClN3OS. The number of aryl methyl sites for hydroxylation is 3. The van der Waals surface area contributed by atoms with E-state index in [1.54, 1.807) is 11.3 Å². The van der Waals surface area contributed by atoms with Crippen molar-refractivity contribution in [3.8, 4) is 0 Å². The number of carbonyl (C=O) groups is 1. The van der Waals surface area contributed by atoms with Gasteiger partial charge >= 0.3 is 0 Å². The van der Waals surface area contributed by atoms with Crippen LogP contribution in [0.3, 0.4) is 0 Å². The Morgan fingerprint density at radius 3 is 2.46 bits per heavy atom. The third kappa shape index (κ3) is 5.10. The number of halogens is 1. The van der Waals surface area contributed by atoms with Crippen LogP contribution in [0.4, 0.5) is 5.13 Å². The molecule has 0 radical (unpaired) electrons. The molecule has 3 rings (SSSR count). The number of benzene rings is 2. The molecule has 28 heavy (non-hydrogen) atoms. The lowest BCUT2D eigenvalue weighted by molar-refractivity contribution is 0.0986. The largest absolute Gasteiger partial charge is 0.309 e. The van der Waals surface area contributed by atoms with Gasteiger partial charge in [0.05, 0.1) is 10.2 Å². The minimum absolute atomic E-state index is 0. The number of amides is 1. The number of fused-ring (bicyclic) bond motifs is 1. The fraction of sp³-hybridized carbons (Fsp3) is 0.364. The Labute approximate surface area is 177 Å². The van der Waals surface area contributed by atoms with Crippen LogP contribution in [0.2, 0.25) is 0 Å². The summed E-state index contributed by atoms with van der Waals surface area (Å²) in [5.41, 5.74) is 5.18. The quantitative estimate of drug-likeness (QED) is 0.550. The molecule has 0 aliphatic carbocycles. The SMILES string of the molecule is Cc1cccc(C(=O)N(CCCN(C)C)c2nc3c(C)cc(C)cc3s2)c1.Cl. The Hall–Kier alpha value is -1.95. The predicted molar refractivity (Wildman–Crippen MR) is 122 cm³/mol. The number of thiazole rings is 1. The van der Waals surface area contributed by atoms with Crippen molar-refractivity contribution in [1.82, 2.24) is 9.88 Å². The van der Waals surface area contributed by atoms with Crippen LogP contribution in [-0.4, -0.2) is 43.0 Å². The number of anilines is 1. The summed E-state index contributed by atoms with van der Waals surface area (Å²) in [5, 5.41) is 0.781. The topological polar surface area (TPSA) is 36.4 Å². The van der Waals surface area contributed by atoms with E-state index in [0.717, 1.165) is 39.4 Å². The van der Waals surface area contributed by atoms with E-state index in [9.17, 15) is 4.79 Å². The number of aromatic nitrogens is 1. The van der Waals surface area contributed by atoms with Crippen molar-refractivity contribution in [2.24, 2.45) is 0 Å². The predicted octanol–water partition coefficient (Wildman–Crippen LogP) is 5.24. The average molecular weight is 418 g/mol. The third-order valence-electron chi connectivity index (χ3n) is 4.55. The number of carbonyl (C=O) groups excluding carboxylic acids is 1. The van der Waals surface area contributed by atoms with Gasteiger partial charge < -0.3 is 4.90 Å². The van der Waals surface area contributed by atoms with E-state index in [1.807, 2.05) is 36.1 Å². The molecule has 0 aliphatic heterocycles. The van der Waals surface area contributed by atoms with E-state index in [2.05, 4.69) is 45.0 Å². The van der Waals surface area contributed by atoms with E-state index in [-0.39, 0.29) is 18.3 Å². The molecular weight excluding hydrogens is 390 g/mol. The highest BCUT2D eigenvalue weighted by Gasteiger charge is 2.21. The van der Waals surface area contributed by atoms with Gasteiger partial charge in [0.2, 0.25) is 0 Å². The van der Waals surface area contributed by atoms with E-state index in [1.165, 1.54) is 5.56 Å². The molecule has 0 atom stereocenters. The van der Waals surface area contributed by atoms with Gasteiger partial charge in [-0.2, -0.15) is 0 Å². The fourth-order valence-electron chi connectivity index (χ4n) is 3.24. The highest BCUT2D eigenvalue weighted by atomic mass is 35.5. The van der Waals surface area contributed by atoms with Gasteiger partial charge in [0.15, 0.2) is 5.13 Å². The summed E-state index contributed by atoms with van der Waals surface area (Å²) in [7, 11) is 4.10. The maximum atomic E-state index is 13.3. The van der Waals surface area contributed by atoms with Crippen LogP contribution in [0.1, 0.15) is 33.5 Å². The van der Waals surface area contributed by atoms with Crippen LogP contribution in [0.15, 0.2) is 36.4 Å². The van der Waals surface area contributed by atoms with Crippen molar-refractivity contribution in [1.29, 1.82) is 0 Å². The zero-order valence-corrected chi connectivity index (χ0v) is 18.8. The first kappa shape index (κ1) is 22.3. The summed E-state index contributed by atoms with van der Waals surface area (Å²) >= 11 is 1.60. The molecule has 2 aromatic carbocycles. The maximum absolute atomic E-state index is 13.3. The van der Waals surface area contributed by atoms with Gasteiger partial charge in [-0.3, -0.25) is 9.69 Å². The first-order chi connectivity index (χ1) is 12.8. The Bertz CT molecular complexity index is 968. The molecule has 1 amide bonds. The van der Waals surface area contributed by atoms with Crippen LogP contribution in [-0.2, 0) is 0 Å². The molecule has 3 aromatic rings. The van der Waals surface area contributed by atoms with Crippen LogP contribution >= 0.6 is 23.7 Å². The van der Waals surface area contributed by atoms with Crippen molar-refractivity contribution in [3.63, 3.8) is 0 Å². The molecule has 6 heteroatoms. The molecule has 0 unspecified atom stereocenters. The number of hydrogen-bond acceptors (Lipinski definition) is 4. The van der Waals surface area contributed by atoms with E-state index >= 15 is 0 Å². The standard InChI is InChI=1S/C22H27N3OS.ClH/c1-15-8-6-9-18(13-15)21(26)25(11-7-10-24(4)5)22-23-20-17(3)12-16(2)14-19(20)27-22;/h6,8-9,12-14H,7,10-11H2,1-5H3;1H. The Balaban J connectivity index is 0.00000280. The van der Waals surface area contributed by atoms with Gasteiger partial charge in [-0.15, -0.1) is 12.4 Å². The van der Waals surface area contributed by atoms with Crippen LogP contribution in [0.5, 0.6) is 0 Å². The summed E-state index contributed by atoms with van der Waals surface area (Å²) in [5.74, 6) is 0.0193. The maximum Gasteiger partial charge on any atom is 0.260 e. The second-order valence-electron chi connectivity index (χ2n) is 7.41. The molecule has 0 bridgehead atoms. The summed E-state index contributed by atoms with van der Waals surface area (Å²) in [6.07, 6.45) is 0.901. The first-order valence-electron chi connectivity index (χ1n) is 9.26. The Morgan fingerprint density at radius 1 is 1.04 bits per heavy atom. The van der Waals surface area contributed by atoms with Crippen molar-refractivity contribution in [3.05, 3.63) is 58.7 Å². The minimum atomic E-state index is 0. The normalized spacial score (nSPS) is 10.9. The van der Waals surface area contributed by atoms with Crippen molar-refractivity contribution < 1.29 is 4.79 Å². The molecule has 0 spiro atoms. The first-order valence-corrected chi connectivity index (χ1v) is 10.1. The summed E-state index contributed by atoms with van der Waals surface area (Å²) < 4.78 is 1.14. The van der Waals surface area contributed by atoms with Gasteiger partial charge in [0.1, 0.15) is 0 Å².